The Labute approximate surface area is 150 Å². The molecule has 1 aromatic rings. The van der Waals surface area contributed by atoms with Crippen molar-refractivity contribution in [3.63, 3.8) is 0 Å². The monoisotopic (exact) mass is 359 g/mol. The van der Waals surface area contributed by atoms with Crippen molar-refractivity contribution in [2.75, 3.05) is 13.2 Å². The third-order valence-electron chi connectivity index (χ3n) is 4.54. The van der Waals surface area contributed by atoms with E-state index in [4.69, 9.17) is 10.5 Å². The van der Waals surface area contributed by atoms with Crippen LogP contribution in [0.2, 0.25) is 0 Å². The summed E-state index contributed by atoms with van der Waals surface area (Å²) in [5, 5.41) is 2.18. The predicted molar refractivity (Wildman–Crippen MR) is 91.5 cm³/mol. The summed E-state index contributed by atoms with van der Waals surface area (Å²) >= 11 is 0. The number of imide groups is 2. The maximum absolute atomic E-state index is 12.8. The van der Waals surface area contributed by atoms with Gasteiger partial charge in [0.15, 0.2) is 0 Å². The van der Waals surface area contributed by atoms with Crippen molar-refractivity contribution in [3.8, 4) is 5.75 Å². The number of nitrogens with zero attached hydrogens (tertiary/aromatic N) is 1. The van der Waals surface area contributed by atoms with Crippen molar-refractivity contribution >= 4 is 23.6 Å². The molecule has 3 rings (SSSR count). The molecule has 138 valence electrons. The van der Waals surface area contributed by atoms with Crippen molar-refractivity contribution in [2.45, 2.75) is 38.1 Å². The van der Waals surface area contributed by atoms with E-state index in [1.165, 1.54) is 0 Å². The van der Waals surface area contributed by atoms with Gasteiger partial charge in [0.1, 0.15) is 11.8 Å². The third kappa shape index (κ3) is 3.32. The van der Waals surface area contributed by atoms with Gasteiger partial charge >= 0.3 is 0 Å². The normalized spacial score (nSPS) is 19.6. The van der Waals surface area contributed by atoms with Crippen LogP contribution >= 0.6 is 0 Å². The minimum absolute atomic E-state index is 0.0916. The van der Waals surface area contributed by atoms with E-state index in [1.807, 2.05) is 0 Å². The standard InChI is InChI=1S/C18H21N3O5/c19-9-2-1-3-10-26-13-6-4-5-11-15(13)18(25)21(17(11)24)12-7-8-14(22)20-16(12)23/h4-6,12H,1-3,7-10,19H2,(H,20,22,23). The summed E-state index contributed by atoms with van der Waals surface area (Å²) in [6.07, 6.45) is 2.83. The summed E-state index contributed by atoms with van der Waals surface area (Å²) < 4.78 is 5.70. The number of unbranched alkanes of at least 4 members (excludes halogenated alkanes) is 2. The maximum Gasteiger partial charge on any atom is 0.266 e. The van der Waals surface area contributed by atoms with E-state index in [9.17, 15) is 19.2 Å². The van der Waals surface area contributed by atoms with Crippen LogP contribution in [0.1, 0.15) is 52.8 Å². The minimum Gasteiger partial charge on any atom is -0.493 e. The van der Waals surface area contributed by atoms with Gasteiger partial charge in [0.25, 0.3) is 11.8 Å². The molecule has 2 heterocycles. The molecule has 1 fully saturated rings. The molecule has 2 aliphatic rings. The van der Waals surface area contributed by atoms with Gasteiger partial charge in [-0.05, 0) is 44.4 Å². The van der Waals surface area contributed by atoms with Crippen LogP contribution < -0.4 is 15.8 Å². The lowest BCUT2D eigenvalue weighted by molar-refractivity contribution is -0.136. The molecule has 1 unspecified atom stereocenters. The van der Waals surface area contributed by atoms with Crippen LogP contribution in [0.25, 0.3) is 0 Å². The molecule has 8 heteroatoms. The van der Waals surface area contributed by atoms with Crippen LogP contribution in [0.4, 0.5) is 0 Å². The molecule has 0 saturated carbocycles. The Hall–Kier alpha value is -2.74. The molecule has 8 nitrogen and oxygen atoms in total. The van der Waals surface area contributed by atoms with Crippen LogP contribution in [0.5, 0.6) is 5.75 Å². The SMILES string of the molecule is NCCCCCOc1cccc2c1C(=O)N(C1CCC(=O)NC1=O)C2=O. The fraction of sp³-hybridized carbons (Fsp3) is 0.444. The van der Waals surface area contributed by atoms with Gasteiger partial charge in [-0.25, -0.2) is 0 Å². The number of rotatable bonds is 7. The number of nitrogens with one attached hydrogen (secondary N) is 1. The number of hydrogen-bond acceptors (Lipinski definition) is 6. The van der Waals surface area contributed by atoms with Gasteiger partial charge in [0, 0.05) is 6.42 Å². The molecule has 3 N–H and O–H groups in total. The number of benzene rings is 1. The van der Waals surface area contributed by atoms with Crippen molar-refractivity contribution in [1.82, 2.24) is 10.2 Å². The van der Waals surface area contributed by atoms with Crippen molar-refractivity contribution in [3.05, 3.63) is 29.3 Å². The van der Waals surface area contributed by atoms with Gasteiger partial charge in [0.2, 0.25) is 11.8 Å². The molecule has 0 aromatic heterocycles. The third-order valence-corrected chi connectivity index (χ3v) is 4.54. The highest BCUT2D eigenvalue weighted by Gasteiger charge is 2.45. The van der Waals surface area contributed by atoms with Gasteiger partial charge in [-0.1, -0.05) is 6.07 Å². The number of piperidine rings is 1. The van der Waals surface area contributed by atoms with Gasteiger partial charge in [-0.15, -0.1) is 0 Å². The second kappa shape index (κ2) is 7.65. The number of fused-ring (bicyclic) bond motifs is 1. The van der Waals surface area contributed by atoms with E-state index in [0.717, 1.165) is 24.2 Å². The Morgan fingerprint density at radius 3 is 2.65 bits per heavy atom. The van der Waals surface area contributed by atoms with Crippen molar-refractivity contribution < 1.29 is 23.9 Å². The van der Waals surface area contributed by atoms with E-state index in [1.54, 1.807) is 18.2 Å². The van der Waals surface area contributed by atoms with Crippen LogP contribution in [0.3, 0.4) is 0 Å². The van der Waals surface area contributed by atoms with Gasteiger partial charge < -0.3 is 10.5 Å². The largest absolute Gasteiger partial charge is 0.493 e. The van der Waals surface area contributed by atoms with Crippen molar-refractivity contribution in [2.24, 2.45) is 5.73 Å². The summed E-state index contributed by atoms with van der Waals surface area (Å²) in [7, 11) is 0. The zero-order chi connectivity index (χ0) is 18.7. The zero-order valence-corrected chi connectivity index (χ0v) is 14.3. The number of ether oxygens (including phenoxy) is 1. The first-order valence-corrected chi connectivity index (χ1v) is 8.72. The molecule has 26 heavy (non-hydrogen) atoms. The average molecular weight is 359 g/mol. The van der Waals surface area contributed by atoms with E-state index in [0.29, 0.717) is 18.9 Å². The van der Waals surface area contributed by atoms with E-state index in [2.05, 4.69) is 5.32 Å². The first kappa shape index (κ1) is 18.1. The Morgan fingerprint density at radius 2 is 1.92 bits per heavy atom. The quantitative estimate of drug-likeness (QED) is 0.543. The molecule has 4 amide bonds. The number of amides is 4. The summed E-state index contributed by atoms with van der Waals surface area (Å²) in [4.78, 5) is 49.8. The topological polar surface area (TPSA) is 119 Å². The minimum atomic E-state index is -0.975. The summed E-state index contributed by atoms with van der Waals surface area (Å²) in [6.45, 7) is 1.03. The first-order chi connectivity index (χ1) is 12.5. The molecule has 0 bridgehead atoms. The highest BCUT2D eigenvalue weighted by Crippen LogP contribution is 2.33. The molecular weight excluding hydrogens is 338 g/mol. The Kier molecular flexibility index (Phi) is 5.32. The van der Waals surface area contributed by atoms with Gasteiger partial charge in [-0.2, -0.15) is 0 Å². The van der Waals surface area contributed by atoms with Crippen LogP contribution in [-0.2, 0) is 9.59 Å². The number of nitrogens with two attached hydrogens (primary N) is 1. The fourth-order valence-electron chi connectivity index (χ4n) is 3.21. The second-order valence-electron chi connectivity index (χ2n) is 6.32. The zero-order valence-electron chi connectivity index (χ0n) is 14.3. The lowest BCUT2D eigenvalue weighted by atomic mass is 10.0. The summed E-state index contributed by atoms with van der Waals surface area (Å²) in [6, 6.07) is 3.86. The second-order valence-corrected chi connectivity index (χ2v) is 6.32. The van der Waals surface area contributed by atoms with Crippen LogP contribution in [-0.4, -0.2) is 47.7 Å². The van der Waals surface area contributed by atoms with E-state index < -0.39 is 29.7 Å². The molecule has 1 saturated heterocycles. The molecule has 2 aliphatic heterocycles. The molecule has 0 spiro atoms. The highest BCUT2D eigenvalue weighted by molar-refractivity contribution is 6.24. The van der Waals surface area contributed by atoms with Gasteiger partial charge in [-0.3, -0.25) is 29.4 Å². The summed E-state index contributed by atoms with van der Waals surface area (Å²) in [5.41, 5.74) is 5.86. The maximum atomic E-state index is 12.8. The Morgan fingerprint density at radius 1 is 1.12 bits per heavy atom. The summed E-state index contributed by atoms with van der Waals surface area (Å²) in [5.74, 6) is -1.78. The molecule has 0 aliphatic carbocycles. The first-order valence-electron chi connectivity index (χ1n) is 8.72. The smallest absolute Gasteiger partial charge is 0.266 e. The van der Waals surface area contributed by atoms with E-state index >= 15 is 0 Å². The fourth-order valence-corrected chi connectivity index (χ4v) is 3.21. The Bertz CT molecular complexity index is 761. The van der Waals surface area contributed by atoms with Crippen LogP contribution in [0, 0.1) is 0 Å². The highest BCUT2D eigenvalue weighted by atomic mass is 16.5. The predicted octanol–water partition coefficient (Wildman–Crippen LogP) is 0.596. The molecule has 0 radical (unpaired) electrons. The average Bonchev–Trinajstić information content (AvgIpc) is 2.87. The number of carbonyl (C=O) groups is 4. The van der Waals surface area contributed by atoms with Crippen molar-refractivity contribution in [1.29, 1.82) is 0 Å². The number of carbonyl (C=O) groups excluding carboxylic acids is 4. The Balaban J connectivity index is 1.78. The lowest BCUT2D eigenvalue weighted by Crippen LogP contribution is -2.54. The molecule has 1 aromatic carbocycles. The molecule has 1 atom stereocenters. The number of hydrogen-bond donors (Lipinski definition) is 2. The van der Waals surface area contributed by atoms with Gasteiger partial charge in [0.05, 0.1) is 17.7 Å². The lowest BCUT2D eigenvalue weighted by Gasteiger charge is -2.27. The van der Waals surface area contributed by atoms with E-state index in [-0.39, 0.29) is 24.0 Å². The molecular formula is C18H21N3O5. The van der Waals surface area contributed by atoms with Crippen LogP contribution in [0.15, 0.2) is 18.2 Å².